The summed E-state index contributed by atoms with van der Waals surface area (Å²) in [5, 5.41) is 14.9. The zero-order valence-electron chi connectivity index (χ0n) is 10.7. The predicted molar refractivity (Wildman–Crippen MR) is 69.7 cm³/mol. The highest BCUT2D eigenvalue weighted by Gasteiger charge is 2.24. The van der Waals surface area contributed by atoms with Crippen molar-refractivity contribution in [3.8, 4) is 5.69 Å². The van der Waals surface area contributed by atoms with Crippen molar-refractivity contribution in [3.05, 3.63) is 30.1 Å². The highest BCUT2D eigenvalue weighted by atomic mass is 15.5. The van der Waals surface area contributed by atoms with Gasteiger partial charge in [-0.3, -0.25) is 0 Å². The lowest BCUT2D eigenvalue weighted by Gasteiger charge is -2.34. The Bertz CT molecular complexity index is 528. The van der Waals surface area contributed by atoms with Gasteiger partial charge in [-0.2, -0.15) is 0 Å². The molecule has 0 atom stereocenters. The summed E-state index contributed by atoms with van der Waals surface area (Å²) in [4.78, 5) is 0. The van der Waals surface area contributed by atoms with E-state index in [0.717, 1.165) is 22.9 Å². The number of rotatable bonds is 3. The first-order valence-electron chi connectivity index (χ1n) is 6.33. The monoisotopic (exact) mass is 243 g/mol. The van der Waals surface area contributed by atoms with Gasteiger partial charge in [-0.05, 0) is 53.8 Å². The second-order valence-electron chi connectivity index (χ2n) is 5.17. The third-order valence-electron chi connectivity index (χ3n) is 3.55. The second-order valence-corrected chi connectivity index (χ2v) is 5.17. The minimum atomic E-state index is 0.615. The normalized spacial score (nSPS) is 22.6. The van der Waals surface area contributed by atoms with E-state index >= 15 is 0 Å². The van der Waals surface area contributed by atoms with Crippen LogP contribution in [-0.4, -0.2) is 26.2 Å². The molecule has 0 spiro atoms. The quantitative estimate of drug-likeness (QED) is 0.897. The predicted octanol–water partition coefficient (Wildman–Crippen LogP) is 2.18. The maximum atomic E-state index is 3.94. The number of hydrogen-bond donors (Lipinski definition) is 1. The van der Waals surface area contributed by atoms with Crippen molar-refractivity contribution in [1.82, 2.24) is 20.2 Å². The first-order chi connectivity index (χ1) is 8.72. The maximum absolute atomic E-state index is 3.94. The van der Waals surface area contributed by atoms with Gasteiger partial charge in [-0.15, -0.1) is 5.10 Å². The molecule has 1 N–H and O–H groups in total. The topological polar surface area (TPSA) is 55.6 Å². The molecule has 2 aromatic rings. The number of aromatic nitrogens is 4. The lowest BCUT2D eigenvalue weighted by atomic mass is 9.82. The van der Waals surface area contributed by atoms with Crippen molar-refractivity contribution in [3.63, 3.8) is 0 Å². The number of nitrogens with one attached hydrogen (secondary N) is 1. The molecule has 1 saturated carbocycles. The fourth-order valence-electron chi connectivity index (χ4n) is 2.47. The molecule has 0 bridgehead atoms. The van der Waals surface area contributed by atoms with Gasteiger partial charge < -0.3 is 5.32 Å². The van der Waals surface area contributed by atoms with E-state index in [2.05, 4.69) is 52.9 Å². The van der Waals surface area contributed by atoms with Gasteiger partial charge in [0.1, 0.15) is 6.33 Å². The fourth-order valence-corrected chi connectivity index (χ4v) is 2.47. The van der Waals surface area contributed by atoms with Crippen LogP contribution >= 0.6 is 0 Å². The van der Waals surface area contributed by atoms with Gasteiger partial charge in [0.2, 0.25) is 0 Å². The Morgan fingerprint density at radius 3 is 2.83 bits per heavy atom. The molecule has 3 rings (SSSR count). The summed E-state index contributed by atoms with van der Waals surface area (Å²) >= 11 is 0. The summed E-state index contributed by atoms with van der Waals surface area (Å²) in [5.41, 5.74) is 3.33. The van der Waals surface area contributed by atoms with Crippen LogP contribution < -0.4 is 5.32 Å². The molecule has 1 aromatic heterocycles. The summed E-state index contributed by atoms with van der Waals surface area (Å²) in [6, 6.07) is 6.94. The van der Waals surface area contributed by atoms with E-state index in [1.54, 1.807) is 11.0 Å². The summed E-state index contributed by atoms with van der Waals surface area (Å²) in [7, 11) is 0. The molecule has 1 heterocycles. The molecule has 5 nitrogen and oxygen atoms in total. The number of hydrogen-bond acceptors (Lipinski definition) is 4. The third-order valence-corrected chi connectivity index (χ3v) is 3.55. The summed E-state index contributed by atoms with van der Waals surface area (Å²) < 4.78 is 1.70. The zero-order chi connectivity index (χ0) is 12.5. The lowest BCUT2D eigenvalue weighted by Crippen LogP contribution is -2.33. The Balaban J connectivity index is 1.82. The molecule has 5 heteroatoms. The number of anilines is 1. The minimum Gasteiger partial charge on any atom is -0.382 e. The van der Waals surface area contributed by atoms with Gasteiger partial charge in [0, 0.05) is 11.7 Å². The van der Waals surface area contributed by atoms with E-state index in [4.69, 9.17) is 0 Å². The van der Waals surface area contributed by atoms with Gasteiger partial charge in [0.15, 0.2) is 0 Å². The van der Waals surface area contributed by atoms with Crippen molar-refractivity contribution in [2.45, 2.75) is 32.7 Å². The molecule has 1 aromatic carbocycles. The van der Waals surface area contributed by atoms with Crippen LogP contribution in [0.4, 0.5) is 5.69 Å². The van der Waals surface area contributed by atoms with Crippen molar-refractivity contribution in [2.75, 3.05) is 5.32 Å². The van der Waals surface area contributed by atoms with Crippen LogP contribution in [0.5, 0.6) is 0 Å². The molecule has 0 radical (unpaired) electrons. The van der Waals surface area contributed by atoms with Crippen LogP contribution in [0, 0.1) is 12.8 Å². The molecule has 0 saturated heterocycles. The molecule has 0 aliphatic heterocycles. The smallest absolute Gasteiger partial charge is 0.143 e. The average Bonchev–Trinajstić information content (AvgIpc) is 2.83. The minimum absolute atomic E-state index is 0.615. The van der Waals surface area contributed by atoms with Gasteiger partial charge in [0.25, 0.3) is 0 Å². The fraction of sp³-hybridized carbons (Fsp3) is 0.462. The van der Waals surface area contributed by atoms with E-state index in [-0.39, 0.29) is 0 Å². The third kappa shape index (κ3) is 2.08. The summed E-state index contributed by atoms with van der Waals surface area (Å²) in [6.45, 7) is 4.35. The van der Waals surface area contributed by atoms with Crippen LogP contribution in [0.3, 0.4) is 0 Å². The largest absolute Gasteiger partial charge is 0.382 e. The number of benzene rings is 1. The molecule has 0 unspecified atom stereocenters. The Morgan fingerprint density at radius 2 is 2.17 bits per heavy atom. The molecular weight excluding hydrogens is 226 g/mol. The first kappa shape index (κ1) is 11.2. The molecule has 1 fully saturated rings. The highest BCUT2D eigenvalue weighted by Crippen LogP contribution is 2.30. The molecule has 0 amide bonds. The number of tetrazole rings is 1. The maximum Gasteiger partial charge on any atom is 0.143 e. The van der Waals surface area contributed by atoms with Crippen molar-refractivity contribution in [1.29, 1.82) is 0 Å². The van der Waals surface area contributed by atoms with Crippen LogP contribution in [0.2, 0.25) is 0 Å². The van der Waals surface area contributed by atoms with Gasteiger partial charge in [-0.25, -0.2) is 4.68 Å². The standard InChI is InChI=1S/C13H17N5/c1-9-5-12(6-9)15-11-4-3-10(2)13(7-11)18-8-14-16-17-18/h3-4,7-9,12,15H,5-6H2,1-2H3. The van der Waals surface area contributed by atoms with Gasteiger partial charge in [0.05, 0.1) is 5.69 Å². The van der Waals surface area contributed by atoms with E-state index < -0.39 is 0 Å². The number of nitrogens with zero attached hydrogens (tertiary/aromatic N) is 4. The second kappa shape index (κ2) is 4.40. The molecule has 1 aliphatic carbocycles. The summed E-state index contributed by atoms with van der Waals surface area (Å²) in [6.07, 6.45) is 4.14. The highest BCUT2D eigenvalue weighted by molar-refractivity contribution is 5.55. The SMILES string of the molecule is Cc1ccc(NC2CC(C)C2)cc1-n1cnnn1. The first-order valence-corrected chi connectivity index (χ1v) is 6.33. The van der Waals surface area contributed by atoms with Gasteiger partial charge >= 0.3 is 0 Å². The lowest BCUT2D eigenvalue weighted by molar-refractivity contribution is 0.309. The van der Waals surface area contributed by atoms with Crippen LogP contribution in [0.1, 0.15) is 25.3 Å². The molecular formula is C13H17N5. The number of aryl methyl sites for hydroxylation is 1. The Morgan fingerprint density at radius 1 is 1.33 bits per heavy atom. The van der Waals surface area contributed by atoms with Crippen molar-refractivity contribution < 1.29 is 0 Å². The Hall–Kier alpha value is -1.91. The van der Waals surface area contributed by atoms with E-state index in [1.165, 1.54) is 12.8 Å². The van der Waals surface area contributed by atoms with Crippen LogP contribution in [0.15, 0.2) is 24.5 Å². The van der Waals surface area contributed by atoms with Crippen LogP contribution in [-0.2, 0) is 0 Å². The van der Waals surface area contributed by atoms with E-state index in [0.29, 0.717) is 6.04 Å². The van der Waals surface area contributed by atoms with Crippen molar-refractivity contribution in [2.24, 2.45) is 5.92 Å². The molecule has 1 aliphatic rings. The van der Waals surface area contributed by atoms with Gasteiger partial charge in [-0.1, -0.05) is 13.0 Å². The average molecular weight is 243 g/mol. The Labute approximate surface area is 106 Å². The van der Waals surface area contributed by atoms with Crippen molar-refractivity contribution >= 4 is 5.69 Å². The van der Waals surface area contributed by atoms with Crippen LogP contribution in [0.25, 0.3) is 5.69 Å². The Kier molecular flexibility index (Phi) is 2.74. The molecule has 94 valence electrons. The molecule has 18 heavy (non-hydrogen) atoms. The summed E-state index contributed by atoms with van der Waals surface area (Å²) in [5.74, 6) is 0.854. The van der Waals surface area contributed by atoms with E-state index in [1.807, 2.05) is 0 Å². The van der Waals surface area contributed by atoms with E-state index in [9.17, 15) is 0 Å². The zero-order valence-corrected chi connectivity index (χ0v) is 10.7.